The fourth-order valence-electron chi connectivity index (χ4n) is 2.38. The van der Waals surface area contributed by atoms with Crippen LogP contribution < -0.4 is 10.1 Å². The Bertz CT molecular complexity index is 348. The summed E-state index contributed by atoms with van der Waals surface area (Å²) in [7, 11) is 1.95. The molecular formula is C15H23NO2. The van der Waals surface area contributed by atoms with E-state index in [1.165, 1.54) is 31.2 Å². The normalized spacial score (nSPS) is 16.1. The molecule has 1 fully saturated rings. The molecule has 0 aliphatic heterocycles. The average molecular weight is 249 g/mol. The highest BCUT2D eigenvalue weighted by Gasteiger charge is 2.14. The minimum atomic E-state index is 0.476. The van der Waals surface area contributed by atoms with Crippen LogP contribution in [0.5, 0.6) is 5.75 Å². The van der Waals surface area contributed by atoms with Gasteiger partial charge >= 0.3 is 0 Å². The molecule has 0 aromatic heterocycles. The van der Waals surface area contributed by atoms with E-state index in [4.69, 9.17) is 9.47 Å². The van der Waals surface area contributed by atoms with E-state index in [0.29, 0.717) is 19.3 Å². The van der Waals surface area contributed by atoms with Gasteiger partial charge in [-0.1, -0.05) is 25.0 Å². The maximum absolute atomic E-state index is 5.77. The van der Waals surface area contributed by atoms with Crippen molar-refractivity contribution in [2.24, 2.45) is 0 Å². The van der Waals surface area contributed by atoms with Gasteiger partial charge in [0.2, 0.25) is 0 Å². The summed E-state index contributed by atoms with van der Waals surface area (Å²) >= 11 is 0. The Kier molecular flexibility index (Phi) is 5.49. The summed E-state index contributed by atoms with van der Waals surface area (Å²) in [5, 5.41) is 3.14. The minimum absolute atomic E-state index is 0.476. The lowest BCUT2D eigenvalue weighted by molar-refractivity contribution is 0.0382. The van der Waals surface area contributed by atoms with E-state index in [0.717, 1.165) is 12.3 Å². The van der Waals surface area contributed by atoms with Gasteiger partial charge < -0.3 is 14.8 Å². The smallest absolute Gasteiger partial charge is 0.119 e. The molecular weight excluding hydrogens is 226 g/mol. The van der Waals surface area contributed by atoms with Crippen molar-refractivity contribution in [1.29, 1.82) is 0 Å². The van der Waals surface area contributed by atoms with Gasteiger partial charge in [0.1, 0.15) is 12.4 Å². The second kappa shape index (κ2) is 7.39. The van der Waals surface area contributed by atoms with E-state index in [-0.39, 0.29) is 0 Å². The van der Waals surface area contributed by atoms with Gasteiger partial charge in [-0.05, 0) is 37.6 Å². The molecule has 3 nitrogen and oxygen atoms in total. The molecule has 1 aliphatic carbocycles. The van der Waals surface area contributed by atoms with Crippen LogP contribution in [0.1, 0.15) is 31.2 Å². The molecule has 0 amide bonds. The number of benzene rings is 1. The van der Waals surface area contributed by atoms with Gasteiger partial charge in [0.05, 0.1) is 12.7 Å². The molecule has 1 N–H and O–H groups in total. The van der Waals surface area contributed by atoms with Crippen molar-refractivity contribution < 1.29 is 9.47 Å². The van der Waals surface area contributed by atoms with Gasteiger partial charge in [-0.25, -0.2) is 0 Å². The zero-order valence-corrected chi connectivity index (χ0v) is 11.2. The number of rotatable bonds is 7. The Morgan fingerprint density at radius 1 is 1.22 bits per heavy atom. The monoisotopic (exact) mass is 249 g/mol. The zero-order chi connectivity index (χ0) is 12.6. The predicted octanol–water partition coefficient (Wildman–Crippen LogP) is 2.74. The highest BCUT2D eigenvalue weighted by atomic mass is 16.5. The first-order valence-corrected chi connectivity index (χ1v) is 6.86. The van der Waals surface area contributed by atoms with Crippen molar-refractivity contribution in [3.8, 4) is 5.75 Å². The maximum Gasteiger partial charge on any atom is 0.119 e. The second-order valence-electron chi connectivity index (χ2n) is 4.80. The van der Waals surface area contributed by atoms with E-state index in [1.54, 1.807) is 0 Å². The molecule has 0 spiro atoms. The third-order valence-corrected chi connectivity index (χ3v) is 3.29. The van der Waals surface area contributed by atoms with Crippen LogP contribution in [0.25, 0.3) is 0 Å². The second-order valence-corrected chi connectivity index (χ2v) is 4.80. The number of nitrogens with one attached hydrogen (secondary N) is 1. The summed E-state index contributed by atoms with van der Waals surface area (Å²) < 4.78 is 11.5. The van der Waals surface area contributed by atoms with Gasteiger partial charge in [-0.3, -0.25) is 0 Å². The van der Waals surface area contributed by atoms with Crippen LogP contribution in [0, 0.1) is 0 Å². The van der Waals surface area contributed by atoms with Crippen LogP contribution in [0.4, 0.5) is 0 Å². The van der Waals surface area contributed by atoms with E-state index >= 15 is 0 Å². The molecule has 0 heterocycles. The molecule has 100 valence electrons. The summed E-state index contributed by atoms with van der Waals surface area (Å²) in [6, 6.07) is 8.19. The van der Waals surface area contributed by atoms with Gasteiger partial charge in [0, 0.05) is 6.54 Å². The summed E-state index contributed by atoms with van der Waals surface area (Å²) in [6.07, 6.45) is 5.55. The third kappa shape index (κ3) is 4.31. The van der Waals surface area contributed by atoms with E-state index in [1.807, 2.05) is 19.2 Å². The number of ether oxygens (including phenoxy) is 2. The molecule has 0 atom stereocenters. The Balaban J connectivity index is 1.67. The molecule has 0 radical (unpaired) electrons. The van der Waals surface area contributed by atoms with Crippen molar-refractivity contribution in [2.45, 2.75) is 38.3 Å². The lowest BCUT2D eigenvalue weighted by atomic mass is 10.2. The van der Waals surface area contributed by atoms with Crippen LogP contribution in [0.3, 0.4) is 0 Å². The quantitative estimate of drug-likeness (QED) is 0.754. The molecule has 1 aromatic rings. The third-order valence-electron chi connectivity index (χ3n) is 3.29. The van der Waals surface area contributed by atoms with Crippen molar-refractivity contribution in [2.75, 3.05) is 20.3 Å². The largest absolute Gasteiger partial charge is 0.491 e. The van der Waals surface area contributed by atoms with Gasteiger partial charge in [-0.2, -0.15) is 0 Å². The molecule has 1 aliphatic rings. The number of hydrogen-bond acceptors (Lipinski definition) is 3. The van der Waals surface area contributed by atoms with Crippen LogP contribution >= 0.6 is 0 Å². The van der Waals surface area contributed by atoms with Gasteiger partial charge in [0.15, 0.2) is 0 Å². The van der Waals surface area contributed by atoms with E-state index in [9.17, 15) is 0 Å². The van der Waals surface area contributed by atoms with Crippen LogP contribution in [0.15, 0.2) is 24.3 Å². The molecule has 1 aromatic carbocycles. The molecule has 2 rings (SSSR count). The fourth-order valence-corrected chi connectivity index (χ4v) is 2.38. The molecule has 3 heteroatoms. The summed E-state index contributed by atoms with van der Waals surface area (Å²) in [6.45, 7) is 2.20. The Labute approximate surface area is 109 Å². The molecule has 1 saturated carbocycles. The van der Waals surface area contributed by atoms with Crippen LogP contribution in [0.2, 0.25) is 0 Å². The Morgan fingerprint density at radius 3 is 2.83 bits per heavy atom. The van der Waals surface area contributed by atoms with Crippen molar-refractivity contribution in [3.05, 3.63) is 29.8 Å². The molecule has 18 heavy (non-hydrogen) atoms. The van der Waals surface area contributed by atoms with Gasteiger partial charge in [-0.15, -0.1) is 0 Å². The van der Waals surface area contributed by atoms with Crippen molar-refractivity contribution >= 4 is 0 Å². The van der Waals surface area contributed by atoms with Crippen molar-refractivity contribution in [1.82, 2.24) is 5.32 Å². The summed E-state index contributed by atoms with van der Waals surface area (Å²) in [4.78, 5) is 0. The summed E-state index contributed by atoms with van der Waals surface area (Å²) in [5.41, 5.74) is 1.24. The van der Waals surface area contributed by atoms with Crippen molar-refractivity contribution in [3.63, 3.8) is 0 Å². The average Bonchev–Trinajstić information content (AvgIpc) is 2.89. The molecule has 0 bridgehead atoms. The minimum Gasteiger partial charge on any atom is -0.491 e. The highest BCUT2D eigenvalue weighted by Crippen LogP contribution is 2.20. The first-order chi connectivity index (χ1) is 8.88. The topological polar surface area (TPSA) is 30.5 Å². The first-order valence-electron chi connectivity index (χ1n) is 6.86. The Hall–Kier alpha value is -1.06. The van der Waals surface area contributed by atoms with Crippen LogP contribution in [-0.4, -0.2) is 26.4 Å². The highest BCUT2D eigenvalue weighted by molar-refractivity contribution is 5.28. The van der Waals surface area contributed by atoms with E-state index in [2.05, 4.69) is 17.4 Å². The first kappa shape index (κ1) is 13.4. The maximum atomic E-state index is 5.77. The predicted molar refractivity (Wildman–Crippen MR) is 72.9 cm³/mol. The lowest BCUT2D eigenvalue weighted by Crippen LogP contribution is -2.14. The Morgan fingerprint density at radius 2 is 2.06 bits per heavy atom. The summed E-state index contributed by atoms with van der Waals surface area (Å²) in [5.74, 6) is 0.928. The fraction of sp³-hybridized carbons (Fsp3) is 0.600. The lowest BCUT2D eigenvalue weighted by Gasteiger charge is -2.12. The van der Waals surface area contributed by atoms with E-state index < -0.39 is 0 Å². The zero-order valence-electron chi connectivity index (χ0n) is 11.2. The number of hydrogen-bond donors (Lipinski definition) is 1. The van der Waals surface area contributed by atoms with Gasteiger partial charge in [0.25, 0.3) is 0 Å². The standard InChI is InChI=1S/C15H23NO2/c1-16-12-13-5-4-8-15(11-13)18-10-9-17-14-6-2-3-7-14/h4-5,8,11,14,16H,2-3,6-7,9-10,12H2,1H3. The molecule has 0 saturated heterocycles. The molecule has 0 unspecified atom stereocenters. The SMILES string of the molecule is CNCc1cccc(OCCOC2CCCC2)c1. The van der Waals surface area contributed by atoms with Crippen LogP contribution in [-0.2, 0) is 11.3 Å².